The third-order valence-corrected chi connectivity index (χ3v) is 7.25. The first-order valence-corrected chi connectivity index (χ1v) is 13.0. The van der Waals surface area contributed by atoms with Gasteiger partial charge in [0.15, 0.2) is 0 Å². The van der Waals surface area contributed by atoms with Crippen LogP contribution < -0.4 is 10.5 Å². The van der Waals surface area contributed by atoms with Crippen molar-refractivity contribution in [1.29, 1.82) is 0 Å². The van der Waals surface area contributed by atoms with Gasteiger partial charge < -0.3 is 15.3 Å². The Morgan fingerprint density at radius 2 is 1.95 bits per heavy atom. The molecule has 2 N–H and O–H groups in total. The van der Waals surface area contributed by atoms with Crippen molar-refractivity contribution < 1.29 is 23.6 Å². The molecule has 0 spiro atoms. The van der Waals surface area contributed by atoms with Crippen LogP contribution >= 0.6 is 11.3 Å². The van der Waals surface area contributed by atoms with Crippen LogP contribution in [0.5, 0.6) is 5.75 Å². The van der Waals surface area contributed by atoms with Crippen LogP contribution in [0.25, 0.3) is 0 Å². The predicted molar refractivity (Wildman–Crippen MR) is 141 cm³/mol. The zero-order valence-electron chi connectivity index (χ0n) is 21.0. The number of halogens is 1. The van der Waals surface area contributed by atoms with Crippen molar-refractivity contribution >= 4 is 23.3 Å². The van der Waals surface area contributed by atoms with Crippen molar-refractivity contribution in [3.8, 4) is 17.6 Å². The minimum atomic E-state index is -0.904. The standard InChI is InChI=1S/C29H29FN2O4S/c1-4-24-17-22-16-21(8-14-27(22)35-24)19(3)28(33)36-32(29(31)34)18(2)5-11-25-12-13-26(37-25)15-20-6-9-23(30)10-7-20/h6-10,12-14,16,18-19,24H,4,15,17H2,1-3H3,(H2,31,34). The Morgan fingerprint density at radius 3 is 2.65 bits per heavy atom. The monoisotopic (exact) mass is 520 g/mol. The van der Waals surface area contributed by atoms with Gasteiger partial charge in [0.05, 0.1) is 10.8 Å². The lowest BCUT2D eigenvalue weighted by molar-refractivity contribution is -0.181. The molecule has 1 aliphatic heterocycles. The zero-order valence-corrected chi connectivity index (χ0v) is 21.8. The molecular formula is C29H29FN2O4S. The lowest BCUT2D eigenvalue weighted by atomic mass is 9.97. The highest BCUT2D eigenvalue weighted by atomic mass is 32.1. The van der Waals surface area contributed by atoms with Gasteiger partial charge in [-0.25, -0.2) is 14.0 Å². The van der Waals surface area contributed by atoms with Gasteiger partial charge >= 0.3 is 12.0 Å². The number of nitrogens with two attached hydrogens (primary N) is 1. The third kappa shape index (κ3) is 6.49. The van der Waals surface area contributed by atoms with E-state index in [1.807, 2.05) is 30.3 Å². The van der Waals surface area contributed by atoms with E-state index in [2.05, 4.69) is 18.8 Å². The van der Waals surface area contributed by atoms with Crippen molar-refractivity contribution in [3.05, 3.63) is 86.9 Å². The Kier molecular flexibility index (Phi) is 8.14. The number of urea groups is 1. The molecule has 192 valence electrons. The van der Waals surface area contributed by atoms with Crippen molar-refractivity contribution in [2.24, 2.45) is 5.73 Å². The number of thiophene rings is 1. The summed E-state index contributed by atoms with van der Waals surface area (Å²) in [6, 6.07) is 14.2. The number of hydrogen-bond donors (Lipinski definition) is 1. The van der Waals surface area contributed by atoms with Crippen LogP contribution in [-0.2, 0) is 22.5 Å². The smallest absolute Gasteiger partial charge is 0.349 e. The number of amides is 2. The summed E-state index contributed by atoms with van der Waals surface area (Å²) in [7, 11) is 0. The first-order chi connectivity index (χ1) is 17.7. The second-order valence-corrected chi connectivity index (χ2v) is 10.2. The normalized spacial score (nSPS) is 15.5. The van der Waals surface area contributed by atoms with Gasteiger partial charge in [-0.1, -0.05) is 43.0 Å². The Labute approximate surface area is 220 Å². The number of rotatable bonds is 6. The van der Waals surface area contributed by atoms with Crippen LogP contribution in [0.3, 0.4) is 0 Å². The molecule has 2 heterocycles. The molecule has 6 nitrogen and oxygen atoms in total. The molecule has 2 aromatic carbocycles. The minimum absolute atomic E-state index is 0.152. The van der Waals surface area contributed by atoms with Crippen LogP contribution in [0.15, 0.2) is 54.6 Å². The molecule has 0 fully saturated rings. The molecule has 0 saturated carbocycles. The first-order valence-electron chi connectivity index (χ1n) is 12.2. The number of fused-ring (bicyclic) bond motifs is 1. The number of primary amides is 1. The summed E-state index contributed by atoms with van der Waals surface area (Å²) in [5, 5.41) is 0.808. The molecule has 1 aliphatic rings. The highest BCUT2D eigenvalue weighted by Gasteiger charge is 2.28. The second-order valence-electron chi connectivity index (χ2n) is 9.03. The Hall–Kier alpha value is -3.83. The first kappa shape index (κ1) is 26.2. The largest absolute Gasteiger partial charge is 0.490 e. The van der Waals surface area contributed by atoms with Crippen molar-refractivity contribution in [2.45, 2.75) is 58.1 Å². The Morgan fingerprint density at radius 1 is 1.19 bits per heavy atom. The van der Waals surface area contributed by atoms with Crippen LogP contribution in [-0.4, -0.2) is 29.2 Å². The van der Waals surface area contributed by atoms with Gasteiger partial charge in [-0.3, -0.25) is 0 Å². The second kappa shape index (κ2) is 11.5. The lowest BCUT2D eigenvalue weighted by Gasteiger charge is -2.23. The SMILES string of the molecule is CCC1Cc2cc(C(C)C(=O)ON(C(N)=O)C(C)C#Cc3ccc(Cc4ccc(F)cc4)s3)ccc2O1. The van der Waals surface area contributed by atoms with Gasteiger partial charge in [0, 0.05) is 17.7 Å². The number of ether oxygens (including phenoxy) is 1. The Bertz CT molecular complexity index is 1340. The topological polar surface area (TPSA) is 81.9 Å². The summed E-state index contributed by atoms with van der Waals surface area (Å²) in [5.41, 5.74) is 8.34. The maximum absolute atomic E-state index is 13.1. The quantitative estimate of drug-likeness (QED) is 0.340. The van der Waals surface area contributed by atoms with E-state index in [9.17, 15) is 14.0 Å². The van der Waals surface area contributed by atoms with E-state index >= 15 is 0 Å². The van der Waals surface area contributed by atoms with Gasteiger partial charge in [0.25, 0.3) is 0 Å². The highest BCUT2D eigenvalue weighted by Crippen LogP contribution is 2.33. The van der Waals surface area contributed by atoms with E-state index in [0.29, 0.717) is 6.42 Å². The molecular weight excluding hydrogens is 491 g/mol. The molecule has 1 aromatic heterocycles. The molecule has 0 aliphatic carbocycles. The van der Waals surface area contributed by atoms with E-state index in [4.69, 9.17) is 15.3 Å². The molecule has 37 heavy (non-hydrogen) atoms. The molecule has 3 atom stereocenters. The van der Waals surface area contributed by atoms with E-state index in [1.165, 1.54) is 23.5 Å². The summed E-state index contributed by atoms with van der Waals surface area (Å²) < 4.78 is 19.0. The number of hydrogen-bond acceptors (Lipinski definition) is 5. The average molecular weight is 521 g/mol. The lowest BCUT2D eigenvalue weighted by Crippen LogP contribution is -2.43. The van der Waals surface area contributed by atoms with E-state index in [-0.39, 0.29) is 11.9 Å². The van der Waals surface area contributed by atoms with Crippen LogP contribution in [0.1, 0.15) is 59.6 Å². The van der Waals surface area contributed by atoms with E-state index in [1.54, 1.807) is 26.0 Å². The van der Waals surface area contributed by atoms with Crippen molar-refractivity contribution in [2.75, 3.05) is 0 Å². The van der Waals surface area contributed by atoms with E-state index < -0.39 is 24.0 Å². The van der Waals surface area contributed by atoms with Gasteiger partial charge in [-0.05, 0) is 67.3 Å². The minimum Gasteiger partial charge on any atom is -0.490 e. The fourth-order valence-electron chi connectivity index (χ4n) is 4.04. The van der Waals surface area contributed by atoms with Crippen molar-refractivity contribution in [3.63, 3.8) is 0 Å². The molecule has 0 saturated heterocycles. The molecule has 3 aromatic rings. The summed E-state index contributed by atoms with van der Waals surface area (Å²) in [6.45, 7) is 5.44. The van der Waals surface area contributed by atoms with E-state index in [0.717, 1.165) is 50.1 Å². The summed E-state index contributed by atoms with van der Waals surface area (Å²) in [4.78, 5) is 32.2. The van der Waals surface area contributed by atoms with Gasteiger partial charge in [0.2, 0.25) is 0 Å². The van der Waals surface area contributed by atoms with Gasteiger partial charge in [-0.15, -0.1) is 16.4 Å². The molecule has 0 bridgehead atoms. The molecule has 8 heteroatoms. The highest BCUT2D eigenvalue weighted by molar-refractivity contribution is 7.12. The number of carbonyl (C=O) groups is 2. The summed E-state index contributed by atoms with van der Waals surface area (Å²) in [6.07, 6.45) is 2.53. The maximum atomic E-state index is 13.1. The van der Waals surface area contributed by atoms with Crippen LogP contribution in [0.4, 0.5) is 9.18 Å². The fourth-order valence-corrected chi connectivity index (χ4v) is 4.95. The predicted octanol–water partition coefficient (Wildman–Crippen LogP) is 5.57. The molecule has 4 rings (SSSR count). The summed E-state index contributed by atoms with van der Waals surface area (Å²) in [5.74, 6) is 5.32. The Balaban J connectivity index is 1.39. The molecule has 2 amide bonds. The summed E-state index contributed by atoms with van der Waals surface area (Å²) >= 11 is 1.50. The zero-order chi connectivity index (χ0) is 26.5. The molecule has 3 unspecified atom stereocenters. The average Bonchev–Trinajstić information content (AvgIpc) is 3.52. The number of carbonyl (C=O) groups excluding carboxylic acids is 2. The van der Waals surface area contributed by atoms with Crippen LogP contribution in [0, 0.1) is 17.7 Å². The fraction of sp³-hybridized carbons (Fsp3) is 0.310. The third-order valence-electron chi connectivity index (χ3n) is 6.25. The number of benzene rings is 2. The van der Waals surface area contributed by atoms with Crippen LogP contribution in [0.2, 0.25) is 0 Å². The number of hydroxylamine groups is 2. The van der Waals surface area contributed by atoms with Gasteiger partial charge in [-0.2, -0.15) is 0 Å². The van der Waals surface area contributed by atoms with Gasteiger partial charge in [0.1, 0.15) is 23.7 Å². The number of nitrogens with zero attached hydrogens (tertiary/aromatic N) is 1. The maximum Gasteiger partial charge on any atom is 0.349 e. The molecule has 0 radical (unpaired) electrons. The van der Waals surface area contributed by atoms with Crippen molar-refractivity contribution in [1.82, 2.24) is 5.06 Å².